The molecule has 0 fully saturated rings. The maximum absolute atomic E-state index is 11.2. The first-order valence-electron chi connectivity index (χ1n) is 4.32. The standard InChI is InChI=1S/C9H16O4/c1-5-12-9(11)6(2)7(3)13-8(4)10/h6-7H,5H2,1-4H3/t6-,7-/m1/s1. The van der Waals surface area contributed by atoms with Crippen molar-refractivity contribution in [2.24, 2.45) is 5.92 Å². The third-order valence-corrected chi connectivity index (χ3v) is 1.71. The number of ether oxygens (including phenoxy) is 2. The van der Waals surface area contributed by atoms with Crippen molar-refractivity contribution in [2.45, 2.75) is 33.8 Å². The molecule has 0 aromatic carbocycles. The van der Waals surface area contributed by atoms with Crippen molar-refractivity contribution >= 4 is 11.9 Å². The topological polar surface area (TPSA) is 52.6 Å². The Morgan fingerprint density at radius 3 is 2.23 bits per heavy atom. The first-order chi connectivity index (χ1) is 5.99. The molecule has 0 amide bonds. The zero-order chi connectivity index (χ0) is 10.4. The van der Waals surface area contributed by atoms with Crippen LogP contribution < -0.4 is 0 Å². The fraction of sp³-hybridized carbons (Fsp3) is 0.778. The van der Waals surface area contributed by atoms with Crippen LogP contribution >= 0.6 is 0 Å². The molecule has 0 saturated carbocycles. The van der Waals surface area contributed by atoms with Gasteiger partial charge in [-0.15, -0.1) is 0 Å². The van der Waals surface area contributed by atoms with Gasteiger partial charge < -0.3 is 9.47 Å². The van der Waals surface area contributed by atoms with Gasteiger partial charge in [-0.05, 0) is 20.8 Å². The van der Waals surface area contributed by atoms with Crippen LogP contribution in [0.3, 0.4) is 0 Å². The number of hydrogen-bond acceptors (Lipinski definition) is 4. The van der Waals surface area contributed by atoms with E-state index in [1.54, 1.807) is 20.8 Å². The van der Waals surface area contributed by atoms with Crippen LogP contribution in [0.15, 0.2) is 0 Å². The number of hydrogen-bond donors (Lipinski definition) is 0. The third-order valence-electron chi connectivity index (χ3n) is 1.71. The van der Waals surface area contributed by atoms with E-state index in [4.69, 9.17) is 9.47 Å². The van der Waals surface area contributed by atoms with Gasteiger partial charge in [-0.2, -0.15) is 0 Å². The lowest BCUT2D eigenvalue weighted by Gasteiger charge is -2.17. The molecular weight excluding hydrogens is 172 g/mol. The van der Waals surface area contributed by atoms with Crippen LogP contribution in [0.5, 0.6) is 0 Å². The van der Waals surface area contributed by atoms with Crippen LogP contribution in [0.4, 0.5) is 0 Å². The molecule has 0 unspecified atom stereocenters. The van der Waals surface area contributed by atoms with Crippen molar-refractivity contribution < 1.29 is 19.1 Å². The van der Waals surface area contributed by atoms with E-state index in [0.717, 1.165) is 0 Å². The number of rotatable bonds is 4. The molecule has 0 aliphatic carbocycles. The number of esters is 2. The quantitative estimate of drug-likeness (QED) is 0.621. The maximum atomic E-state index is 11.2. The Morgan fingerprint density at radius 2 is 1.85 bits per heavy atom. The second-order valence-electron chi connectivity index (χ2n) is 2.86. The van der Waals surface area contributed by atoms with Gasteiger partial charge in [-0.25, -0.2) is 0 Å². The Balaban J connectivity index is 4.00. The molecule has 0 aliphatic heterocycles. The fourth-order valence-corrected chi connectivity index (χ4v) is 0.829. The molecule has 0 spiro atoms. The average molecular weight is 188 g/mol. The maximum Gasteiger partial charge on any atom is 0.312 e. The predicted octanol–water partition coefficient (Wildman–Crippen LogP) is 1.14. The Labute approximate surface area is 78.2 Å². The first kappa shape index (κ1) is 11.9. The lowest BCUT2D eigenvalue weighted by Crippen LogP contribution is -2.28. The predicted molar refractivity (Wildman–Crippen MR) is 47.0 cm³/mol. The summed E-state index contributed by atoms with van der Waals surface area (Å²) in [6, 6.07) is 0. The minimum absolute atomic E-state index is 0.337. The van der Waals surface area contributed by atoms with Gasteiger partial charge >= 0.3 is 11.9 Å². The van der Waals surface area contributed by atoms with Gasteiger partial charge in [0.05, 0.1) is 12.5 Å². The Hall–Kier alpha value is -1.06. The summed E-state index contributed by atoms with van der Waals surface area (Å²) in [6.45, 7) is 6.74. The van der Waals surface area contributed by atoms with Crippen molar-refractivity contribution in [3.8, 4) is 0 Å². The summed E-state index contributed by atoms with van der Waals surface area (Å²) in [5.74, 6) is -1.14. The number of carbonyl (C=O) groups excluding carboxylic acids is 2. The van der Waals surface area contributed by atoms with Gasteiger partial charge in [0, 0.05) is 6.92 Å². The summed E-state index contributed by atoms with van der Waals surface area (Å²) in [5, 5.41) is 0. The zero-order valence-corrected chi connectivity index (χ0v) is 8.49. The highest BCUT2D eigenvalue weighted by atomic mass is 16.6. The summed E-state index contributed by atoms with van der Waals surface area (Å²) in [4.78, 5) is 21.7. The first-order valence-corrected chi connectivity index (χ1v) is 4.32. The number of carbonyl (C=O) groups is 2. The van der Waals surface area contributed by atoms with E-state index in [0.29, 0.717) is 6.61 Å². The van der Waals surface area contributed by atoms with Crippen molar-refractivity contribution in [1.82, 2.24) is 0 Å². The van der Waals surface area contributed by atoms with E-state index in [1.165, 1.54) is 6.92 Å². The van der Waals surface area contributed by atoms with Crippen LogP contribution in [0.1, 0.15) is 27.7 Å². The van der Waals surface area contributed by atoms with Gasteiger partial charge in [-0.3, -0.25) is 9.59 Å². The van der Waals surface area contributed by atoms with E-state index >= 15 is 0 Å². The molecule has 0 N–H and O–H groups in total. The summed E-state index contributed by atoms with van der Waals surface area (Å²) in [5.41, 5.74) is 0. The molecule has 4 nitrogen and oxygen atoms in total. The van der Waals surface area contributed by atoms with Crippen molar-refractivity contribution in [2.75, 3.05) is 6.61 Å². The summed E-state index contributed by atoms with van der Waals surface area (Å²) in [6.07, 6.45) is -0.434. The SMILES string of the molecule is CCOC(=O)[C@H](C)[C@@H](C)OC(C)=O. The monoisotopic (exact) mass is 188 g/mol. The second kappa shape index (κ2) is 5.56. The van der Waals surface area contributed by atoms with E-state index in [1.807, 2.05) is 0 Å². The minimum atomic E-state index is -0.434. The summed E-state index contributed by atoms with van der Waals surface area (Å²) < 4.78 is 9.62. The highest BCUT2D eigenvalue weighted by Gasteiger charge is 2.23. The van der Waals surface area contributed by atoms with Gasteiger partial charge in [0.2, 0.25) is 0 Å². The molecule has 4 heteroatoms. The molecule has 13 heavy (non-hydrogen) atoms. The molecule has 76 valence electrons. The lowest BCUT2D eigenvalue weighted by atomic mass is 10.1. The van der Waals surface area contributed by atoms with E-state index in [-0.39, 0.29) is 11.9 Å². The van der Waals surface area contributed by atoms with Crippen LogP contribution in [-0.4, -0.2) is 24.6 Å². The van der Waals surface area contributed by atoms with E-state index in [2.05, 4.69) is 0 Å². The summed E-state index contributed by atoms with van der Waals surface area (Å²) in [7, 11) is 0. The molecule has 0 radical (unpaired) electrons. The Kier molecular flexibility index (Phi) is 5.11. The highest BCUT2D eigenvalue weighted by Crippen LogP contribution is 2.09. The molecule has 0 aromatic rings. The highest BCUT2D eigenvalue weighted by molar-refractivity contribution is 5.73. The second-order valence-corrected chi connectivity index (χ2v) is 2.86. The molecule has 2 atom stereocenters. The van der Waals surface area contributed by atoms with Gasteiger partial charge in [0.25, 0.3) is 0 Å². The average Bonchev–Trinajstić information content (AvgIpc) is 2.02. The summed E-state index contributed by atoms with van der Waals surface area (Å²) >= 11 is 0. The van der Waals surface area contributed by atoms with Crippen molar-refractivity contribution in [3.05, 3.63) is 0 Å². The molecule has 0 heterocycles. The minimum Gasteiger partial charge on any atom is -0.466 e. The third kappa shape index (κ3) is 4.50. The molecule has 0 bridgehead atoms. The molecule has 0 saturated heterocycles. The van der Waals surface area contributed by atoms with Crippen molar-refractivity contribution in [3.63, 3.8) is 0 Å². The Bertz CT molecular complexity index is 188. The smallest absolute Gasteiger partial charge is 0.312 e. The zero-order valence-electron chi connectivity index (χ0n) is 8.49. The van der Waals surface area contributed by atoms with Gasteiger partial charge in [0.1, 0.15) is 6.10 Å². The van der Waals surface area contributed by atoms with Crippen LogP contribution in [0.2, 0.25) is 0 Å². The van der Waals surface area contributed by atoms with Crippen LogP contribution in [0, 0.1) is 5.92 Å². The van der Waals surface area contributed by atoms with Crippen molar-refractivity contribution in [1.29, 1.82) is 0 Å². The molecular formula is C9H16O4. The van der Waals surface area contributed by atoms with Gasteiger partial charge in [0.15, 0.2) is 0 Å². The fourth-order valence-electron chi connectivity index (χ4n) is 0.829. The van der Waals surface area contributed by atoms with E-state index in [9.17, 15) is 9.59 Å². The van der Waals surface area contributed by atoms with Crippen LogP contribution in [-0.2, 0) is 19.1 Å². The van der Waals surface area contributed by atoms with E-state index < -0.39 is 12.0 Å². The Morgan fingerprint density at radius 1 is 1.31 bits per heavy atom. The largest absolute Gasteiger partial charge is 0.466 e. The molecule has 0 aliphatic rings. The lowest BCUT2D eigenvalue weighted by molar-refractivity contribution is -0.158. The molecule has 0 rings (SSSR count). The van der Waals surface area contributed by atoms with Gasteiger partial charge in [-0.1, -0.05) is 0 Å². The van der Waals surface area contributed by atoms with Crippen LogP contribution in [0.25, 0.3) is 0 Å². The molecule has 0 aromatic heterocycles. The normalized spacial score (nSPS) is 14.5.